The molecule has 0 radical (unpaired) electrons. The van der Waals surface area contributed by atoms with Gasteiger partial charge in [0.15, 0.2) is 0 Å². The van der Waals surface area contributed by atoms with Crippen molar-refractivity contribution in [1.29, 1.82) is 0 Å². The summed E-state index contributed by atoms with van der Waals surface area (Å²) in [7, 11) is 2.01. The van der Waals surface area contributed by atoms with Crippen LogP contribution in [0.2, 0.25) is 0 Å². The molecule has 110 valence electrons. The lowest BCUT2D eigenvalue weighted by molar-refractivity contribution is -0.139. The number of aliphatic carboxylic acids is 1. The normalized spacial score (nSPS) is 17.9. The highest BCUT2D eigenvalue weighted by molar-refractivity contribution is 5.83. The summed E-state index contributed by atoms with van der Waals surface area (Å²) in [4.78, 5) is 24.7. The number of nitrogens with one attached hydrogen (secondary N) is 2. The Morgan fingerprint density at radius 1 is 1.42 bits per heavy atom. The Bertz CT molecular complexity index is 318. The van der Waals surface area contributed by atoms with Gasteiger partial charge in [-0.05, 0) is 39.2 Å². The van der Waals surface area contributed by atoms with Gasteiger partial charge in [0.2, 0.25) is 0 Å². The van der Waals surface area contributed by atoms with Crippen LogP contribution in [0.5, 0.6) is 0 Å². The molecule has 6 heteroatoms. The predicted molar refractivity (Wildman–Crippen MR) is 73.1 cm³/mol. The zero-order chi connectivity index (χ0) is 14.4. The van der Waals surface area contributed by atoms with Crippen LogP contribution in [0.15, 0.2) is 0 Å². The molecule has 1 aliphatic carbocycles. The molecule has 3 N–H and O–H groups in total. The number of nitrogens with zero attached hydrogens (tertiary/aromatic N) is 1. The number of hydrogen-bond donors (Lipinski definition) is 3. The number of carboxylic acid groups (broad SMARTS) is 1. The Kier molecular flexibility index (Phi) is 6.08. The molecule has 0 heterocycles. The number of carboxylic acids is 1. The van der Waals surface area contributed by atoms with Crippen molar-refractivity contribution in [2.24, 2.45) is 5.92 Å². The Hall–Kier alpha value is -1.30. The number of urea groups is 1. The minimum absolute atomic E-state index is 0.103. The van der Waals surface area contributed by atoms with E-state index in [4.69, 9.17) is 5.11 Å². The van der Waals surface area contributed by atoms with Crippen LogP contribution in [0, 0.1) is 5.92 Å². The number of amides is 2. The third-order valence-electron chi connectivity index (χ3n) is 3.74. The lowest BCUT2D eigenvalue weighted by Gasteiger charge is -2.23. The fourth-order valence-electron chi connectivity index (χ4n) is 1.88. The second-order valence-electron chi connectivity index (χ2n) is 5.29. The van der Waals surface area contributed by atoms with Crippen LogP contribution in [-0.4, -0.2) is 54.2 Å². The van der Waals surface area contributed by atoms with Crippen molar-refractivity contribution < 1.29 is 14.7 Å². The van der Waals surface area contributed by atoms with E-state index in [1.54, 1.807) is 0 Å². The van der Waals surface area contributed by atoms with Gasteiger partial charge in [0.25, 0.3) is 0 Å². The number of likely N-dealkylation sites (N-methyl/N-ethyl adjacent to an activating group) is 1. The van der Waals surface area contributed by atoms with Crippen molar-refractivity contribution in [2.75, 3.05) is 20.1 Å². The van der Waals surface area contributed by atoms with E-state index in [0.717, 1.165) is 25.8 Å². The van der Waals surface area contributed by atoms with E-state index in [2.05, 4.69) is 29.4 Å². The third-order valence-corrected chi connectivity index (χ3v) is 3.74. The molecule has 0 bridgehead atoms. The minimum Gasteiger partial charge on any atom is -0.480 e. The van der Waals surface area contributed by atoms with Crippen LogP contribution in [-0.2, 0) is 4.79 Å². The largest absolute Gasteiger partial charge is 0.480 e. The van der Waals surface area contributed by atoms with Crippen LogP contribution in [0.25, 0.3) is 0 Å². The van der Waals surface area contributed by atoms with Gasteiger partial charge < -0.3 is 20.6 Å². The molecule has 0 saturated heterocycles. The second kappa shape index (κ2) is 7.33. The summed E-state index contributed by atoms with van der Waals surface area (Å²) >= 11 is 0. The number of hydrogen-bond acceptors (Lipinski definition) is 3. The summed E-state index contributed by atoms with van der Waals surface area (Å²) in [6.07, 6.45) is 2.83. The van der Waals surface area contributed by atoms with Crippen molar-refractivity contribution in [1.82, 2.24) is 15.5 Å². The first-order chi connectivity index (χ1) is 8.95. The summed E-state index contributed by atoms with van der Waals surface area (Å²) in [5, 5.41) is 14.2. The van der Waals surface area contributed by atoms with Gasteiger partial charge in [-0.25, -0.2) is 9.59 Å². The topological polar surface area (TPSA) is 81.7 Å². The van der Waals surface area contributed by atoms with Gasteiger partial charge in [-0.3, -0.25) is 0 Å². The summed E-state index contributed by atoms with van der Waals surface area (Å²) in [6, 6.07) is -0.660. The summed E-state index contributed by atoms with van der Waals surface area (Å²) in [5.41, 5.74) is 0. The Morgan fingerprint density at radius 2 is 2.05 bits per heavy atom. The minimum atomic E-state index is -0.950. The standard InChI is InChI=1S/C13H25N3O3/c1-4-9(2)16(3)8-7-14-13(19)15-11(12(17)18)10-5-6-10/h9-11H,4-8H2,1-3H3,(H,17,18)(H2,14,15,19). The predicted octanol–water partition coefficient (Wildman–Crippen LogP) is 0.879. The molecule has 2 unspecified atom stereocenters. The van der Waals surface area contributed by atoms with Crippen molar-refractivity contribution in [3.63, 3.8) is 0 Å². The fourth-order valence-corrected chi connectivity index (χ4v) is 1.88. The summed E-state index contributed by atoms with van der Waals surface area (Å²) in [6.45, 7) is 5.52. The molecule has 6 nitrogen and oxygen atoms in total. The van der Waals surface area contributed by atoms with Gasteiger partial charge in [-0.2, -0.15) is 0 Å². The summed E-state index contributed by atoms with van der Waals surface area (Å²) in [5.74, 6) is -0.847. The lowest BCUT2D eigenvalue weighted by atomic mass is 10.2. The van der Waals surface area contributed by atoms with Crippen molar-refractivity contribution in [2.45, 2.75) is 45.2 Å². The second-order valence-corrected chi connectivity index (χ2v) is 5.29. The van der Waals surface area contributed by atoms with Crippen LogP contribution >= 0.6 is 0 Å². The molecule has 0 spiro atoms. The van der Waals surface area contributed by atoms with Gasteiger partial charge >= 0.3 is 12.0 Å². The fraction of sp³-hybridized carbons (Fsp3) is 0.846. The Morgan fingerprint density at radius 3 is 2.53 bits per heavy atom. The van der Waals surface area contributed by atoms with Gasteiger partial charge in [-0.15, -0.1) is 0 Å². The number of carbonyl (C=O) groups excluding carboxylic acids is 1. The van der Waals surface area contributed by atoms with E-state index in [1.807, 2.05) is 7.05 Å². The van der Waals surface area contributed by atoms with Crippen molar-refractivity contribution in [3.8, 4) is 0 Å². The molecule has 1 saturated carbocycles. The molecule has 1 rings (SSSR count). The van der Waals surface area contributed by atoms with E-state index >= 15 is 0 Å². The highest BCUT2D eigenvalue weighted by Gasteiger charge is 2.37. The quantitative estimate of drug-likeness (QED) is 0.612. The molecule has 19 heavy (non-hydrogen) atoms. The number of rotatable bonds is 8. The van der Waals surface area contributed by atoms with E-state index in [9.17, 15) is 9.59 Å². The third kappa shape index (κ3) is 5.46. The lowest BCUT2D eigenvalue weighted by Crippen LogP contribution is -2.48. The maximum Gasteiger partial charge on any atom is 0.326 e. The maximum atomic E-state index is 11.6. The van der Waals surface area contributed by atoms with Crippen LogP contribution < -0.4 is 10.6 Å². The number of carbonyl (C=O) groups is 2. The van der Waals surface area contributed by atoms with Crippen molar-refractivity contribution >= 4 is 12.0 Å². The molecule has 0 aliphatic heterocycles. The smallest absolute Gasteiger partial charge is 0.326 e. The van der Waals surface area contributed by atoms with Crippen LogP contribution in [0.1, 0.15) is 33.1 Å². The van der Waals surface area contributed by atoms with Gasteiger partial charge in [0.1, 0.15) is 6.04 Å². The molecular weight excluding hydrogens is 246 g/mol. The van der Waals surface area contributed by atoms with Crippen LogP contribution in [0.4, 0.5) is 4.79 Å². The first-order valence-electron chi connectivity index (χ1n) is 6.93. The maximum absolute atomic E-state index is 11.6. The molecule has 0 aromatic carbocycles. The molecular formula is C13H25N3O3. The van der Waals surface area contributed by atoms with Gasteiger partial charge in [-0.1, -0.05) is 6.92 Å². The Labute approximate surface area is 114 Å². The monoisotopic (exact) mass is 271 g/mol. The summed E-state index contributed by atoms with van der Waals surface area (Å²) < 4.78 is 0. The SMILES string of the molecule is CCC(C)N(C)CCNC(=O)NC(C(=O)O)C1CC1. The molecule has 1 fully saturated rings. The van der Waals surface area contributed by atoms with Gasteiger partial charge in [0, 0.05) is 19.1 Å². The zero-order valence-electron chi connectivity index (χ0n) is 12.0. The van der Waals surface area contributed by atoms with E-state index in [-0.39, 0.29) is 5.92 Å². The Balaban J connectivity index is 2.22. The van der Waals surface area contributed by atoms with E-state index in [1.165, 1.54) is 0 Å². The molecule has 0 aromatic rings. The molecule has 1 aliphatic rings. The average molecular weight is 271 g/mol. The average Bonchev–Trinajstić information content (AvgIpc) is 3.18. The first-order valence-corrected chi connectivity index (χ1v) is 6.93. The van der Waals surface area contributed by atoms with Gasteiger partial charge in [0.05, 0.1) is 0 Å². The molecule has 0 aromatic heterocycles. The molecule has 2 atom stereocenters. The molecule has 2 amide bonds. The van der Waals surface area contributed by atoms with Crippen LogP contribution in [0.3, 0.4) is 0 Å². The van der Waals surface area contributed by atoms with E-state index in [0.29, 0.717) is 12.6 Å². The zero-order valence-corrected chi connectivity index (χ0v) is 12.0. The highest BCUT2D eigenvalue weighted by Crippen LogP contribution is 2.32. The first kappa shape index (κ1) is 15.8. The van der Waals surface area contributed by atoms with Crippen molar-refractivity contribution in [3.05, 3.63) is 0 Å². The highest BCUT2D eigenvalue weighted by atomic mass is 16.4. The van der Waals surface area contributed by atoms with E-state index < -0.39 is 18.0 Å².